The number of aryl methyl sites for hydroxylation is 1. The first kappa shape index (κ1) is 12.1. The maximum absolute atomic E-state index is 2.19. The van der Waals surface area contributed by atoms with Crippen LogP contribution in [0.4, 0.5) is 0 Å². The van der Waals surface area contributed by atoms with Gasteiger partial charge in [-0.25, -0.2) is 0 Å². The van der Waals surface area contributed by atoms with Crippen molar-refractivity contribution in [3.8, 4) is 9.75 Å². The highest BCUT2D eigenvalue weighted by Crippen LogP contribution is 2.30. The van der Waals surface area contributed by atoms with Crippen LogP contribution in [0.15, 0.2) is 66.0 Å². The molecule has 1 aromatic carbocycles. The van der Waals surface area contributed by atoms with Gasteiger partial charge in [0.05, 0.1) is 0 Å². The van der Waals surface area contributed by atoms with E-state index in [2.05, 4.69) is 36.6 Å². The summed E-state index contributed by atoms with van der Waals surface area (Å²) in [5.41, 5.74) is 0. The predicted octanol–water partition coefficient (Wildman–Crippen LogP) is 5.47. The fourth-order valence-electron chi connectivity index (χ4n) is 1.37. The van der Waals surface area contributed by atoms with Crippen molar-refractivity contribution in [3.05, 3.63) is 70.9 Å². The molecule has 0 nitrogen and oxygen atoms in total. The molecule has 0 N–H and O–H groups in total. The van der Waals surface area contributed by atoms with Gasteiger partial charge in [-0.1, -0.05) is 42.5 Å². The van der Waals surface area contributed by atoms with Crippen molar-refractivity contribution in [3.63, 3.8) is 0 Å². The summed E-state index contributed by atoms with van der Waals surface area (Å²) >= 11 is 3.66. The van der Waals surface area contributed by atoms with Crippen LogP contribution < -0.4 is 0 Å². The number of rotatable bonds is 1. The Balaban J connectivity index is 0.000000153. The zero-order chi connectivity index (χ0) is 11.9. The minimum absolute atomic E-state index is 1.38. The summed E-state index contributed by atoms with van der Waals surface area (Å²) in [5, 5.41) is 2.12. The average Bonchev–Trinajstić information content (AvgIpc) is 3.02. The molecule has 0 bridgehead atoms. The molecule has 0 aliphatic heterocycles. The van der Waals surface area contributed by atoms with E-state index in [1.807, 2.05) is 47.7 Å². The number of hydrogen-bond donors (Lipinski definition) is 0. The van der Waals surface area contributed by atoms with E-state index < -0.39 is 0 Å². The highest BCUT2D eigenvalue weighted by atomic mass is 32.1. The third kappa shape index (κ3) is 3.84. The van der Waals surface area contributed by atoms with E-state index in [0.29, 0.717) is 0 Å². The van der Waals surface area contributed by atoms with Crippen LogP contribution in [0.5, 0.6) is 0 Å². The first-order valence-corrected chi connectivity index (χ1v) is 7.16. The molecule has 17 heavy (non-hydrogen) atoms. The summed E-state index contributed by atoms with van der Waals surface area (Å²) < 4.78 is 0. The fourth-order valence-corrected chi connectivity index (χ4v) is 3.07. The second-order valence-electron chi connectivity index (χ2n) is 3.54. The molecule has 0 radical (unpaired) electrons. The van der Waals surface area contributed by atoms with Gasteiger partial charge < -0.3 is 0 Å². The molecule has 86 valence electrons. The molecule has 2 heterocycles. The zero-order valence-corrected chi connectivity index (χ0v) is 11.3. The fraction of sp³-hybridized carbons (Fsp3) is 0.0667. The van der Waals surface area contributed by atoms with E-state index in [0.717, 1.165) is 0 Å². The van der Waals surface area contributed by atoms with Crippen LogP contribution in [0.3, 0.4) is 0 Å². The van der Waals surface area contributed by atoms with Gasteiger partial charge in [-0.05, 0) is 30.5 Å². The minimum atomic E-state index is 1.38. The molecule has 0 fully saturated rings. The van der Waals surface area contributed by atoms with E-state index in [9.17, 15) is 0 Å². The van der Waals surface area contributed by atoms with Gasteiger partial charge in [0, 0.05) is 14.6 Å². The lowest BCUT2D eigenvalue weighted by Gasteiger charge is -1.86. The number of thiophene rings is 2. The normalized spacial score (nSPS) is 9.47. The molecule has 0 unspecified atom stereocenters. The molecule has 3 aromatic rings. The van der Waals surface area contributed by atoms with Crippen molar-refractivity contribution in [2.45, 2.75) is 6.92 Å². The van der Waals surface area contributed by atoms with Crippen LogP contribution >= 0.6 is 22.7 Å². The van der Waals surface area contributed by atoms with Crippen molar-refractivity contribution in [2.75, 3.05) is 0 Å². The summed E-state index contributed by atoms with van der Waals surface area (Å²) in [4.78, 5) is 4.15. The average molecular weight is 258 g/mol. The van der Waals surface area contributed by atoms with E-state index >= 15 is 0 Å². The van der Waals surface area contributed by atoms with Gasteiger partial charge in [0.15, 0.2) is 0 Å². The Labute approximate surface area is 110 Å². The van der Waals surface area contributed by atoms with Crippen LogP contribution in [0.1, 0.15) is 4.88 Å². The van der Waals surface area contributed by atoms with Crippen LogP contribution in [-0.2, 0) is 0 Å². The number of hydrogen-bond acceptors (Lipinski definition) is 2. The first-order chi connectivity index (χ1) is 8.36. The van der Waals surface area contributed by atoms with Gasteiger partial charge in [-0.2, -0.15) is 0 Å². The van der Waals surface area contributed by atoms with Crippen LogP contribution in [0.2, 0.25) is 0 Å². The zero-order valence-electron chi connectivity index (χ0n) is 9.67. The van der Waals surface area contributed by atoms with Crippen LogP contribution in [0.25, 0.3) is 9.75 Å². The third-order valence-electron chi connectivity index (χ3n) is 2.17. The molecule has 0 aliphatic rings. The minimum Gasteiger partial charge on any atom is -0.143 e. The highest BCUT2D eigenvalue weighted by Gasteiger charge is 1.99. The molecule has 0 amide bonds. The first-order valence-electron chi connectivity index (χ1n) is 5.46. The Kier molecular flexibility index (Phi) is 4.54. The van der Waals surface area contributed by atoms with Crippen LogP contribution in [-0.4, -0.2) is 0 Å². The summed E-state index contributed by atoms with van der Waals surface area (Å²) in [6.07, 6.45) is 0. The summed E-state index contributed by atoms with van der Waals surface area (Å²) in [5.74, 6) is 0. The van der Waals surface area contributed by atoms with Crippen molar-refractivity contribution in [1.82, 2.24) is 0 Å². The van der Waals surface area contributed by atoms with E-state index in [1.165, 1.54) is 14.6 Å². The van der Waals surface area contributed by atoms with Gasteiger partial charge in [0.2, 0.25) is 0 Å². The van der Waals surface area contributed by atoms with Gasteiger partial charge in [0.25, 0.3) is 0 Å². The lowest BCUT2D eigenvalue weighted by atomic mass is 10.4. The summed E-state index contributed by atoms with van der Waals surface area (Å²) in [7, 11) is 0. The second-order valence-corrected chi connectivity index (χ2v) is 5.78. The molecule has 0 spiro atoms. The second kappa shape index (κ2) is 6.38. The third-order valence-corrected chi connectivity index (χ3v) is 4.24. The SMILES string of the molecule is Cc1ccc(-c2cccs2)s1.c1ccccc1. The maximum Gasteiger partial charge on any atom is 0.0445 e. The Morgan fingerprint density at radius 1 is 0.706 bits per heavy atom. The smallest absolute Gasteiger partial charge is 0.0445 e. The van der Waals surface area contributed by atoms with E-state index in [4.69, 9.17) is 0 Å². The van der Waals surface area contributed by atoms with E-state index in [1.54, 1.807) is 11.3 Å². The Morgan fingerprint density at radius 3 is 1.76 bits per heavy atom. The standard InChI is InChI=1S/C9H8S2.C6H6/c1-7-4-5-9(11-7)8-3-2-6-10-8;1-2-4-6-5-3-1/h2-6H,1H3;1-6H. The molecule has 0 aliphatic carbocycles. The van der Waals surface area contributed by atoms with Crippen molar-refractivity contribution < 1.29 is 0 Å². The van der Waals surface area contributed by atoms with Crippen LogP contribution in [0, 0.1) is 6.92 Å². The van der Waals surface area contributed by atoms with Gasteiger partial charge in [-0.3, -0.25) is 0 Å². The maximum atomic E-state index is 2.19. The molecular formula is C15H14S2. The Morgan fingerprint density at radius 2 is 1.35 bits per heavy atom. The van der Waals surface area contributed by atoms with E-state index in [-0.39, 0.29) is 0 Å². The van der Waals surface area contributed by atoms with Crippen molar-refractivity contribution in [2.24, 2.45) is 0 Å². The molecule has 3 rings (SSSR count). The highest BCUT2D eigenvalue weighted by molar-refractivity contribution is 7.21. The van der Waals surface area contributed by atoms with Crippen molar-refractivity contribution in [1.29, 1.82) is 0 Å². The number of benzene rings is 1. The molecule has 2 heteroatoms. The molecular weight excluding hydrogens is 244 g/mol. The molecule has 0 saturated heterocycles. The summed E-state index contributed by atoms with van der Waals surface area (Å²) in [6, 6.07) is 20.6. The van der Waals surface area contributed by atoms with Gasteiger partial charge in [0.1, 0.15) is 0 Å². The van der Waals surface area contributed by atoms with Crippen molar-refractivity contribution >= 4 is 22.7 Å². The lowest BCUT2D eigenvalue weighted by Crippen LogP contribution is -1.55. The molecule has 2 aromatic heterocycles. The Hall–Kier alpha value is -1.38. The monoisotopic (exact) mass is 258 g/mol. The molecule has 0 atom stereocenters. The quantitative estimate of drug-likeness (QED) is 0.543. The molecule has 0 saturated carbocycles. The topological polar surface area (TPSA) is 0 Å². The largest absolute Gasteiger partial charge is 0.143 e. The predicted molar refractivity (Wildman–Crippen MR) is 78.8 cm³/mol. The van der Waals surface area contributed by atoms with Gasteiger partial charge >= 0.3 is 0 Å². The van der Waals surface area contributed by atoms with Gasteiger partial charge in [-0.15, -0.1) is 22.7 Å². The Bertz CT molecular complexity index is 494. The summed E-state index contributed by atoms with van der Waals surface area (Å²) in [6.45, 7) is 2.14. The lowest BCUT2D eigenvalue weighted by molar-refractivity contribution is 1.64.